The third kappa shape index (κ3) is 4.16. The van der Waals surface area contributed by atoms with Gasteiger partial charge in [-0.2, -0.15) is 0 Å². The van der Waals surface area contributed by atoms with Crippen molar-refractivity contribution in [1.29, 1.82) is 0 Å². The number of nitrogens with one attached hydrogen (secondary N) is 1. The molecule has 0 unspecified atom stereocenters. The number of aromatic nitrogens is 1. The quantitative estimate of drug-likeness (QED) is 0.664. The van der Waals surface area contributed by atoms with Gasteiger partial charge in [0.2, 0.25) is 5.82 Å². The van der Waals surface area contributed by atoms with E-state index in [0.717, 1.165) is 12.8 Å². The molecule has 1 saturated carbocycles. The Morgan fingerprint density at radius 1 is 1.26 bits per heavy atom. The molecule has 0 atom stereocenters. The Bertz CT molecular complexity index is 446. The summed E-state index contributed by atoms with van der Waals surface area (Å²) in [6, 6.07) is 1.80. The maximum Gasteiger partial charge on any atom is 0.312 e. The monoisotopic (exact) mass is 327 g/mol. The summed E-state index contributed by atoms with van der Waals surface area (Å²) in [6.07, 6.45) is 9.91. The van der Waals surface area contributed by atoms with Gasteiger partial charge in [0.1, 0.15) is 0 Å². The number of nitro groups is 1. The fourth-order valence-electron chi connectivity index (χ4n) is 2.47. The number of anilines is 1. The van der Waals surface area contributed by atoms with Crippen LogP contribution in [0, 0.1) is 10.1 Å². The van der Waals surface area contributed by atoms with E-state index in [1.165, 1.54) is 38.2 Å². The highest BCUT2D eigenvalue weighted by Gasteiger charge is 2.19. The van der Waals surface area contributed by atoms with Gasteiger partial charge in [0.05, 0.1) is 4.92 Å². The first-order valence-corrected chi connectivity index (χ1v) is 7.52. The van der Waals surface area contributed by atoms with Crippen LogP contribution >= 0.6 is 15.9 Å². The standard InChI is InChI=1S/C13H18BrN3O2/c14-10-8-12(17(18)19)13(15-9-10)16-11-6-4-2-1-3-5-7-11/h8-9,11H,1-7H2,(H,15,16). The summed E-state index contributed by atoms with van der Waals surface area (Å²) >= 11 is 3.22. The van der Waals surface area contributed by atoms with E-state index in [-0.39, 0.29) is 10.6 Å². The smallest absolute Gasteiger partial charge is 0.312 e. The van der Waals surface area contributed by atoms with E-state index in [0.29, 0.717) is 16.3 Å². The molecular weight excluding hydrogens is 310 g/mol. The van der Waals surface area contributed by atoms with Crippen molar-refractivity contribution in [3.8, 4) is 0 Å². The summed E-state index contributed by atoms with van der Waals surface area (Å²) in [4.78, 5) is 14.8. The fraction of sp³-hybridized carbons (Fsp3) is 0.615. The molecule has 1 aliphatic rings. The van der Waals surface area contributed by atoms with Crippen molar-refractivity contribution in [2.24, 2.45) is 0 Å². The number of hydrogen-bond acceptors (Lipinski definition) is 4. The highest BCUT2D eigenvalue weighted by Crippen LogP contribution is 2.28. The fourth-order valence-corrected chi connectivity index (χ4v) is 2.79. The van der Waals surface area contributed by atoms with Gasteiger partial charge < -0.3 is 5.32 Å². The Labute approximate surface area is 121 Å². The van der Waals surface area contributed by atoms with Gasteiger partial charge in [-0.25, -0.2) is 4.98 Å². The molecule has 0 saturated heterocycles. The van der Waals surface area contributed by atoms with Gasteiger partial charge in [-0.3, -0.25) is 10.1 Å². The topological polar surface area (TPSA) is 68.1 Å². The Balaban J connectivity index is 2.10. The van der Waals surface area contributed by atoms with Crippen molar-refractivity contribution in [2.45, 2.75) is 51.0 Å². The maximum atomic E-state index is 11.0. The maximum absolute atomic E-state index is 11.0. The second kappa shape index (κ2) is 6.84. The lowest BCUT2D eigenvalue weighted by molar-refractivity contribution is -0.384. The summed E-state index contributed by atoms with van der Waals surface area (Å²) in [6.45, 7) is 0. The van der Waals surface area contributed by atoms with Crippen molar-refractivity contribution in [3.63, 3.8) is 0 Å². The molecule has 1 N–H and O–H groups in total. The highest BCUT2D eigenvalue weighted by molar-refractivity contribution is 9.10. The molecule has 1 aromatic rings. The summed E-state index contributed by atoms with van der Waals surface area (Å²) in [5.41, 5.74) is 0.0384. The minimum atomic E-state index is -0.386. The van der Waals surface area contributed by atoms with Crippen LogP contribution in [-0.2, 0) is 0 Å². The second-order valence-corrected chi connectivity index (χ2v) is 5.88. The molecule has 1 aromatic heterocycles. The number of halogens is 1. The molecule has 19 heavy (non-hydrogen) atoms. The lowest BCUT2D eigenvalue weighted by Crippen LogP contribution is -2.21. The van der Waals surface area contributed by atoms with E-state index in [9.17, 15) is 10.1 Å². The van der Waals surface area contributed by atoms with Crippen LogP contribution in [0.2, 0.25) is 0 Å². The van der Waals surface area contributed by atoms with E-state index in [4.69, 9.17) is 0 Å². The second-order valence-electron chi connectivity index (χ2n) is 4.96. The molecule has 0 spiro atoms. The Morgan fingerprint density at radius 3 is 2.53 bits per heavy atom. The number of pyridine rings is 1. The average molecular weight is 328 g/mol. The Hall–Kier alpha value is -1.17. The van der Waals surface area contributed by atoms with Crippen LogP contribution in [-0.4, -0.2) is 15.9 Å². The summed E-state index contributed by atoms with van der Waals surface area (Å²) in [7, 11) is 0. The first-order chi connectivity index (χ1) is 9.16. The van der Waals surface area contributed by atoms with Crippen LogP contribution in [0.3, 0.4) is 0 Å². The molecule has 0 bridgehead atoms. The third-order valence-corrected chi connectivity index (χ3v) is 3.91. The third-order valence-electron chi connectivity index (χ3n) is 3.48. The number of rotatable bonds is 3. The first kappa shape index (κ1) is 14.2. The zero-order chi connectivity index (χ0) is 13.7. The first-order valence-electron chi connectivity index (χ1n) is 6.73. The van der Waals surface area contributed by atoms with Crippen molar-refractivity contribution >= 4 is 27.4 Å². The molecule has 6 heteroatoms. The Kier molecular flexibility index (Phi) is 5.13. The molecule has 1 fully saturated rings. The van der Waals surface area contributed by atoms with Crippen LogP contribution < -0.4 is 5.32 Å². The number of hydrogen-bond donors (Lipinski definition) is 1. The zero-order valence-corrected chi connectivity index (χ0v) is 12.4. The van der Waals surface area contributed by atoms with E-state index in [1.54, 1.807) is 6.20 Å². The van der Waals surface area contributed by atoms with E-state index in [2.05, 4.69) is 26.2 Å². The van der Waals surface area contributed by atoms with Gasteiger partial charge in [0.15, 0.2) is 0 Å². The lowest BCUT2D eigenvalue weighted by atomic mass is 9.97. The van der Waals surface area contributed by atoms with Crippen LogP contribution in [0.4, 0.5) is 11.5 Å². The van der Waals surface area contributed by atoms with Gasteiger partial charge in [-0.15, -0.1) is 0 Å². The largest absolute Gasteiger partial charge is 0.362 e. The van der Waals surface area contributed by atoms with E-state index >= 15 is 0 Å². The van der Waals surface area contributed by atoms with Crippen LogP contribution in [0.25, 0.3) is 0 Å². The van der Waals surface area contributed by atoms with Crippen molar-refractivity contribution < 1.29 is 4.92 Å². The SMILES string of the molecule is O=[N+]([O-])c1cc(Br)cnc1NC1CCCCCCC1. The molecule has 0 aliphatic heterocycles. The molecule has 0 radical (unpaired) electrons. The van der Waals surface area contributed by atoms with Gasteiger partial charge >= 0.3 is 5.69 Å². The molecular formula is C13H18BrN3O2. The van der Waals surface area contributed by atoms with Crippen LogP contribution in [0.1, 0.15) is 44.9 Å². The molecule has 1 aliphatic carbocycles. The van der Waals surface area contributed by atoms with E-state index in [1.807, 2.05) is 0 Å². The minimum absolute atomic E-state index is 0.0384. The van der Waals surface area contributed by atoms with Crippen LogP contribution in [0.5, 0.6) is 0 Å². The Morgan fingerprint density at radius 2 is 1.89 bits per heavy atom. The van der Waals surface area contributed by atoms with Gasteiger partial charge in [0, 0.05) is 22.8 Å². The van der Waals surface area contributed by atoms with Crippen molar-refractivity contribution in [3.05, 3.63) is 26.9 Å². The van der Waals surface area contributed by atoms with E-state index < -0.39 is 0 Å². The normalized spacial score (nSPS) is 17.5. The molecule has 0 aromatic carbocycles. The summed E-state index contributed by atoms with van der Waals surface area (Å²) in [5, 5.41) is 14.3. The predicted octanol–water partition coefficient (Wildman–Crippen LogP) is 4.28. The van der Waals surface area contributed by atoms with Gasteiger partial charge in [-0.1, -0.05) is 32.1 Å². The minimum Gasteiger partial charge on any atom is -0.362 e. The van der Waals surface area contributed by atoms with Gasteiger partial charge in [0.25, 0.3) is 0 Å². The molecule has 104 valence electrons. The molecule has 5 nitrogen and oxygen atoms in total. The summed E-state index contributed by atoms with van der Waals surface area (Å²) < 4.78 is 0.627. The lowest BCUT2D eigenvalue weighted by Gasteiger charge is -2.21. The summed E-state index contributed by atoms with van der Waals surface area (Å²) in [5.74, 6) is 0.388. The molecule has 0 amide bonds. The average Bonchev–Trinajstić information content (AvgIpc) is 2.34. The highest BCUT2D eigenvalue weighted by atomic mass is 79.9. The van der Waals surface area contributed by atoms with Gasteiger partial charge in [-0.05, 0) is 28.8 Å². The van der Waals surface area contributed by atoms with Crippen molar-refractivity contribution in [1.82, 2.24) is 4.98 Å². The molecule has 1 heterocycles. The van der Waals surface area contributed by atoms with Crippen molar-refractivity contribution in [2.75, 3.05) is 5.32 Å². The zero-order valence-electron chi connectivity index (χ0n) is 10.8. The number of nitrogens with zero attached hydrogens (tertiary/aromatic N) is 2. The molecule has 2 rings (SSSR count). The van der Waals surface area contributed by atoms with Crippen LogP contribution in [0.15, 0.2) is 16.7 Å². The predicted molar refractivity (Wildman–Crippen MR) is 78.3 cm³/mol.